The van der Waals surface area contributed by atoms with E-state index in [1.807, 2.05) is 6.92 Å². The third-order valence-electron chi connectivity index (χ3n) is 8.43. The molecule has 1 aliphatic heterocycles. The molecule has 14 heteroatoms. The average Bonchev–Trinajstić information content (AvgIpc) is 3.82. The van der Waals surface area contributed by atoms with Gasteiger partial charge in [-0.25, -0.2) is 14.8 Å². The maximum absolute atomic E-state index is 13.4. The molecular weight excluding hydrogens is 555 g/mol. The molecule has 1 aromatic carbocycles. The quantitative estimate of drug-likeness (QED) is 0.347. The average molecular weight is 582 g/mol. The van der Waals surface area contributed by atoms with Crippen molar-refractivity contribution in [2.45, 2.75) is 68.7 Å². The highest BCUT2D eigenvalue weighted by Gasteiger charge is 2.67. The Labute approximate surface area is 236 Å². The van der Waals surface area contributed by atoms with Crippen molar-refractivity contribution in [2.24, 2.45) is 5.73 Å². The molecule has 3 aliphatic rings. The highest BCUT2D eigenvalue weighted by molar-refractivity contribution is 5.98. The minimum Gasteiger partial charge on any atom is -0.439 e. The van der Waals surface area contributed by atoms with Crippen LogP contribution >= 0.6 is 0 Å². The lowest BCUT2D eigenvalue weighted by atomic mass is 9.98. The molecule has 3 N–H and O–H groups in total. The summed E-state index contributed by atoms with van der Waals surface area (Å²) >= 11 is 0. The number of rotatable bonds is 5. The Hall–Kier alpha value is -4.46. The van der Waals surface area contributed by atoms with Gasteiger partial charge in [0.05, 0.1) is 23.3 Å². The first-order valence-electron chi connectivity index (χ1n) is 13.5. The number of carbonyl (C=O) groups excluding carboxylic acids is 2. The molecule has 1 atom stereocenters. The van der Waals surface area contributed by atoms with E-state index in [0.29, 0.717) is 54.0 Å². The van der Waals surface area contributed by atoms with E-state index in [-0.39, 0.29) is 36.4 Å². The van der Waals surface area contributed by atoms with E-state index in [1.54, 1.807) is 29.2 Å². The SMILES string of the molecule is C[C@H]1Cc2c(ncnc2Oc2ccc3c(ccn3C(=O)Nc3cc(C4(C(F)(F)F)CC4)on3)c2)CN1C(=O)C1(N)CC1. The van der Waals surface area contributed by atoms with Gasteiger partial charge in [0.2, 0.25) is 11.8 Å². The molecule has 218 valence electrons. The number of nitrogens with one attached hydrogen (secondary N) is 1. The Morgan fingerprint density at radius 2 is 1.93 bits per heavy atom. The smallest absolute Gasteiger partial charge is 0.401 e. The van der Waals surface area contributed by atoms with Gasteiger partial charge in [-0.15, -0.1) is 0 Å². The third-order valence-corrected chi connectivity index (χ3v) is 8.43. The van der Waals surface area contributed by atoms with E-state index in [4.69, 9.17) is 15.0 Å². The van der Waals surface area contributed by atoms with Gasteiger partial charge >= 0.3 is 12.2 Å². The van der Waals surface area contributed by atoms with E-state index in [0.717, 1.165) is 11.6 Å². The van der Waals surface area contributed by atoms with E-state index < -0.39 is 23.2 Å². The number of aromatic nitrogens is 4. The van der Waals surface area contributed by atoms with Crippen LogP contribution in [0.2, 0.25) is 0 Å². The van der Waals surface area contributed by atoms with Crippen molar-refractivity contribution >= 4 is 28.7 Å². The first-order valence-corrected chi connectivity index (χ1v) is 13.5. The highest BCUT2D eigenvalue weighted by atomic mass is 19.4. The number of fused-ring (bicyclic) bond motifs is 2. The van der Waals surface area contributed by atoms with Crippen LogP contribution in [0.5, 0.6) is 11.6 Å². The van der Waals surface area contributed by atoms with Crippen molar-refractivity contribution in [3.63, 3.8) is 0 Å². The van der Waals surface area contributed by atoms with Crippen LogP contribution in [0, 0.1) is 0 Å². The van der Waals surface area contributed by atoms with Gasteiger partial charge in [-0.1, -0.05) is 5.16 Å². The van der Waals surface area contributed by atoms with E-state index in [2.05, 4.69) is 20.4 Å². The summed E-state index contributed by atoms with van der Waals surface area (Å²) in [6.45, 7) is 2.29. The van der Waals surface area contributed by atoms with E-state index in [1.165, 1.54) is 17.1 Å². The molecule has 4 heterocycles. The Kier molecular flexibility index (Phi) is 5.68. The number of halogens is 3. The van der Waals surface area contributed by atoms with Crippen molar-refractivity contribution < 1.29 is 32.0 Å². The molecule has 3 aromatic heterocycles. The predicted octanol–water partition coefficient (Wildman–Crippen LogP) is 4.65. The van der Waals surface area contributed by atoms with Crippen LogP contribution in [0.3, 0.4) is 0 Å². The van der Waals surface area contributed by atoms with Crippen LogP contribution in [0.25, 0.3) is 10.9 Å². The summed E-state index contributed by atoms with van der Waals surface area (Å²) in [6.07, 6.45) is 0.233. The summed E-state index contributed by atoms with van der Waals surface area (Å²) in [5.74, 6) is 0.399. The van der Waals surface area contributed by atoms with Crippen LogP contribution in [0.15, 0.2) is 47.4 Å². The van der Waals surface area contributed by atoms with Gasteiger partial charge in [0.25, 0.3) is 0 Å². The minimum atomic E-state index is -4.45. The van der Waals surface area contributed by atoms with Crippen molar-refractivity contribution in [3.05, 3.63) is 59.9 Å². The number of amides is 2. The van der Waals surface area contributed by atoms with Gasteiger partial charge in [-0.05, 0) is 63.3 Å². The normalized spacial score (nSPS) is 20.2. The van der Waals surface area contributed by atoms with Gasteiger partial charge in [-0.3, -0.25) is 14.7 Å². The van der Waals surface area contributed by atoms with Crippen LogP contribution in [0.1, 0.15) is 49.6 Å². The molecule has 0 radical (unpaired) electrons. The number of hydrogen-bond acceptors (Lipinski definition) is 8. The molecule has 42 heavy (non-hydrogen) atoms. The largest absolute Gasteiger partial charge is 0.439 e. The molecule has 7 rings (SSSR count). The summed E-state index contributed by atoms with van der Waals surface area (Å²) in [4.78, 5) is 36.3. The lowest BCUT2D eigenvalue weighted by molar-refractivity contribution is -0.165. The van der Waals surface area contributed by atoms with E-state index >= 15 is 0 Å². The fraction of sp³-hybridized carbons (Fsp3) is 0.393. The zero-order valence-electron chi connectivity index (χ0n) is 22.4. The second-order valence-corrected chi connectivity index (χ2v) is 11.3. The lowest BCUT2D eigenvalue weighted by Crippen LogP contribution is -2.51. The lowest BCUT2D eigenvalue weighted by Gasteiger charge is -2.36. The Balaban J connectivity index is 1.07. The minimum absolute atomic E-state index is 0.0575. The van der Waals surface area contributed by atoms with Crippen molar-refractivity contribution in [1.29, 1.82) is 0 Å². The monoisotopic (exact) mass is 581 g/mol. The summed E-state index contributed by atoms with van der Waals surface area (Å²) in [5.41, 5.74) is 5.43. The first kappa shape index (κ1) is 26.4. The molecule has 2 aliphatic carbocycles. The van der Waals surface area contributed by atoms with Crippen LogP contribution in [-0.2, 0) is 23.2 Å². The van der Waals surface area contributed by atoms with Crippen molar-refractivity contribution in [1.82, 2.24) is 24.6 Å². The number of ether oxygens (including phenoxy) is 1. The first-order chi connectivity index (χ1) is 20.0. The van der Waals surface area contributed by atoms with Gasteiger partial charge in [0.15, 0.2) is 11.6 Å². The van der Waals surface area contributed by atoms with Crippen molar-refractivity contribution in [2.75, 3.05) is 5.32 Å². The maximum atomic E-state index is 13.4. The number of nitrogens with zero attached hydrogens (tertiary/aromatic N) is 5. The van der Waals surface area contributed by atoms with Gasteiger partial charge in [0.1, 0.15) is 17.5 Å². The number of alkyl halides is 3. The Morgan fingerprint density at radius 1 is 1.14 bits per heavy atom. The zero-order valence-corrected chi connectivity index (χ0v) is 22.4. The Morgan fingerprint density at radius 3 is 2.64 bits per heavy atom. The second kappa shape index (κ2) is 9.02. The number of carbonyl (C=O) groups is 2. The zero-order chi connectivity index (χ0) is 29.4. The fourth-order valence-corrected chi connectivity index (χ4v) is 5.49. The Bertz CT molecular complexity index is 1740. The number of anilines is 1. The molecule has 4 aromatic rings. The second-order valence-electron chi connectivity index (χ2n) is 11.3. The van der Waals surface area contributed by atoms with Gasteiger partial charge in [-0.2, -0.15) is 13.2 Å². The summed E-state index contributed by atoms with van der Waals surface area (Å²) in [5, 5.41) is 6.79. The molecule has 0 saturated heterocycles. The molecule has 2 saturated carbocycles. The molecule has 2 fully saturated rings. The van der Waals surface area contributed by atoms with E-state index in [9.17, 15) is 22.8 Å². The highest BCUT2D eigenvalue weighted by Crippen LogP contribution is 2.59. The van der Waals surface area contributed by atoms with Crippen molar-refractivity contribution in [3.8, 4) is 11.6 Å². The predicted molar refractivity (Wildman–Crippen MR) is 142 cm³/mol. The molecule has 0 spiro atoms. The number of hydrogen-bond donors (Lipinski definition) is 2. The maximum Gasteiger partial charge on any atom is 0.401 e. The topological polar surface area (TPSA) is 141 Å². The molecule has 2 amide bonds. The summed E-state index contributed by atoms with van der Waals surface area (Å²) in [7, 11) is 0. The summed E-state index contributed by atoms with van der Waals surface area (Å²) in [6, 6.07) is 7.23. The van der Waals surface area contributed by atoms with Gasteiger partial charge in [0, 0.05) is 29.3 Å². The standard InChI is InChI=1S/C28H26F3N7O4/c1-15-10-18-19(13-38(15)24(39)27(32)7-8-27)33-14-34-23(18)41-17-2-3-20-16(11-17)4-9-37(20)25(40)35-22-12-21(42-36-22)26(5-6-26)28(29,30)31/h2-4,9,11-12,14-15H,5-8,10,13,32H2,1H3,(H,35,36,40)/t15-/m0/s1. The van der Waals surface area contributed by atoms with Crippen LogP contribution < -0.4 is 15.8 Å². The van der Waals surface area contributed by atoms with Crippen LogP contribution in [-0.4, -0.2) is 54.3 Å². The molecular formula is C28H26F3N7O4. The third kappa shape index (κ3) is 4.28. The fourth-order valence-electron chi connectivity index (χ4n) is 5.49. The molecule has 0 unspecified atom stereocenters. The molecule has 0 bridgehead atoms. The summed E-state index contributed by atoms with van der Waals surface area (Å²) < 4.78 is 52.6. The number of benzene rings is 1. The molecule has 11 nitrogen and oxygen atoms in total. The van der Waals surface area contributed by atoms with Crippen LogP contribution in [0.4, 0.5) is 23.8 Å². The number of nitrogens with two attached hydrogens (primary N) is 1. The van der Waals surface area contributed by atoms with Gasteiger partial charge < -0.3 is 19.9 Å².